The van der Waals surface area contributed by atoms with Crippen molar-refractivity contribution in [2.45, 2.75) is 5.79 Å². The number of carboxylic acid groups (broad SMARTS) is 1. The molecule has 1 aliphatic heterocycles. The van der Waals surface area contributed by atoms with E-state index in [4.69, 9.17) is 14.6 Å². The van der Waals surface area contributed by atoms with Crippen LogP contribution in [-0.4, -0.2) is 11.2 Å². The molecule has 0 saturated carbocycles. The molecule has 0 aliphatic carbocycles. The summed E-state index contributed by atoms with van der Waals surface area (Å²) in [5, 5.41) is 11.2. The van der Waals surface area contributed by atoms with E-state index in [1.54, 1.807) is 18.2 Å². The van der Waals surface area contributed by atoms with Crippen LogP contribution in [0, 0.1) is 0 Å². The van der Waals surface area contributed by atoms with Crippen molar-refractivity contribution in [2.75, 3.05) is 5.32 Å². The van der Waals surface area contributed by atoms with Gasteiger partial charge in [0.25, 0.3) is 0 Å². The quantitative estimate of drug-likeness (QED) is 0.743. The first kappa shape index (κ1) is 15.1. The second-order valence-corrected chi connectivity index (χ2v) is 5.64. The number of benzene rings is 3. The molecule has 0 atom stereocenters. The first-order valence-corrected chi connectivity index (χ1v) is 7.80. The summed E-state index contributed by atoms with van der Waals surface area (Å²) in [6.07, 6.45) is -1.13. The predicted molar refractivity (Wildman–Crippen MR) is 93.0 cm³/mol. The normalized spacial score (nSPS) is 14.1. The van der Waals surface area contributed by atoms with Gasteiger partial charge in [-0.3, -0.25) is 5.32 Å². The lowest BCUT2D eigenvalue weighted by molar-refractivity contribution is -0.0458. The average Bonchev–Trinajstić information content (AvgIpc) is 3.03. The van der Waals surface area contributed by atoms with Gasteiger partial charge in [-0.15, -0.1) is 0 Å². The number of ether oxygens (including phenoxy) is 2. The highest BCUT2D eigenvalue weighted by atomic mass is 16.7. The fourth-order valence-corrected chi connectivity index (χ4v) is 2.92. The summed E-state index contributed by atoms with van der Waals surface area (Å²) in [6.45, 7) is 0. The molecule has 3 aromatic carbocycles. The van der Waals surface area contributed by atoms with Gasteiger partial charge >= 0.3 is 11.9 Å². The molecule has 0 aromatic heterocycles. The van der Waals surface area contributed by atoms with E-state index in [0.29, 0.717) is 17.2 Å². The SMILES string of the molecule is O=C(O)Nc1ccc2c(c1)OC(c1ccccc1)(c1ccccc1)O2. The molecular weight excluding hydrogens is 318 g/mol. The summed E-state index contributed by atoms with van der Waals surface area (Å²) in [5.74, 6) is -0.0604. The minimum atomic E-state index is -1.13. The predicted octanol–water partition coefficient (Wildman–Crippen LogP) is 4.45. The Hall–Kier alpha value is -3.47. The maximum absolute atomic E-state index is 10.9. The Labute approximate surface area is 144 Å². The van der Waals surface area contributed by atoms with Crippen LogP contribution < -0.4 is 14.8 Å². The van der Waals surface area contributed by atoms with Gasteiger partial charge in [-0.2, -0.15) is 0 Å². The Balaban J connectivity index is 1.80. The smallest absolute Gasteiger partial charge is 0.409 e. The summed E-state index contributed by atoms with van der Waals surface area (Å²) in [6, 6.07) is 24.3. The van der Waals surface area contributed by atoms with Crippen LogP contribution in [0.1, 0.15) is 11.1 Å². The van der Waals surface area contributed by atoms with Crippen molar-refractivity contribution in [1.29, 1.82) is 0 Å². The second kappa shape index (κ2) is 5.87. The molecule has 0 spiro atoms. The van der Waals surface area contributed by atoms with Crippen LogP contribution in [0.25, 0.3) is 0 Å². The Morgan fingerprint density at radius 2 is 1.36 bits per heavy atom. The molecule has 0 unspecified atom stereocenters. The topological polar surface area (TPSA) is 67.8 Å². The molecule has 25 heavy (non-hydrogen) atoms. The number of hydrogen-bond donors (Lipinski definition) is 2. The largest absolute Gasteiger partial charge is 0.465 e. The maximum Gasteiger partial charge on any atom is 0.409 e. The third-order valence-corrected chi connectivity index (χ3v) is 4.01. The number of anilines is 1. The molecule has 1 heterocycles. The molecule has 0 bridgehead atoms. The molecule has 1 amide bonds. The number of rotatable bonds is 3. The molecule has 3 aromatic rings. The van der Waals surface area contributed by atoms with E-state index in [1.807, 2.05) is 60.7 Å². The highest BCUT2D eigenvalue weighted by molar-refractivity contribution is 5.83. The van der Waals surface area contributed by atoms with Crippen molar-refractivity contribution in [1.82, 2.24) is 0 Å². The zero-order valence-electron chi connectivity index (χ0n) is 13.2. The van der Waals surface area contributed by atoms with Crippen LogP contribution in [0.2, 0.25) is 0 Å². The highest BCUT2D eigenvalue weighted by Gasteiger charge is 2.45. The lowest BCUT2D eigenvalue weighted by atomic mass is 9.97. The monoisotopic (exact) mass is 333 g/mol. The first-order valence-electron chi connectivity index (χ1n) is 7.80. The van der Waals surface area contributed by atoms with E-state index >= 15 is 0 Å². The Morgan fingerprint density at radius 1 is 0.800 bits per heavy atom. The van der Waals surface area contributed by atoms with Gasteiger partial charge in [0, 0.05) is 22.9 Å². The molecule has 2 N–H and O–H groups in total. The van der Waals surface area contributed by atoms with E-state index < -0.39 is 11.9 Å². The molecule has 124 valence electrons. The summed E-state index contributed by atoms with van der Waals surface area (Å²) >= 11 is 0. The van der Waals surface area contributed by atoms with Crippen LogP contribution in [-0.2, 0) is 5.79 Å². The van der Waals surface area contributed by atoms with Gasteiger partial charge in [-0.25, -0.2) is 4.79 Å². The minimum Gasteiger partial charge on any atom is -0.465 e. The number of hydrogen-bond acceptors (Lipinski definition) is 3. The first-order chi connectivity index (χ1) is 12.2. The summed E-state index contributed by atoms with van der Waals surface area (Å²) in [5.41, 5.74) is 2.13. The summed E-state index contributed by atoms with van der Waals surface area (Å²) in [4.78, 5) is 10.9. The molecule has 4 rings (SSSR count). The molecule has 0 radical (unpaired) electrons. The molecule has 5 nitrogen and oxygen atoms in total. The van der Waals surface area contributed by atoms with Gasteiger partial charge in [0.15, 0.2) is 11.5 Å². The Bertz CT molecular complexity index is 870. The van der Waals surface area contributed by atoms with Gasteiger partial charge < -0.3 is 14.6 Å². The Morgan fingerprint density at radius 3 is 1.92 bits per heavy atom. The lowest BCUT2D eigenvalue weighted by Crippen LogP contribution is -2.36. The van der Waals surface area contributed by atoms with Gasteiger partial charge in [0.2, 0.25) is 0 Å². The van der Waals surface area contributed by atoms with Gasteiger partial charge in [-0.1, -0.05) is 60.7 Å². The average molecular weight is 333 g/mol. The Kier molecular flexibility index (Phi) is 3.54. The fourth-order valence-electron chi connectivity index (χ4n) is 2.92. The van der Waals surface area contributed by atoms with E-state index in [-0.39, 0.29) is 0 Å². The van der Waals surface area contributed by atoms with Gasteiger partial charge in [0.05, 0.1) is 0 Å². The van der Waals surface area contributed by atoms with Crippen LogP contribution in [0.5, 0.6) is 11.5 Å². The molecule has 0 fully saturated rings. The molecular formula is C20H15NO4. The van der Waals surface area contributed by atoms with Gasteiger partial charge in [0.1, 0.15) is 0 Å². The van der Waals surface area contributed by atoms with Crippen molar-refractivity contribution >= 4 is 11.8 Å². The third kappa shape index (κ3) is 2.65. The molecule has 1 aliphatic rings. The van der Waals surface area contributed by atoms with Crippen LogP contribution in [0.15, 0.2) is 78.9 Å². The number of nitrogens with one attached hydrogen (secondary N) is 1. The standard InChI is InChI=1S/C20H15NO4/c22-19(23)21-16-11-12-17-18(13-16)25-20(24-17,14-7-3-1-4-8-14)15-9-5-2-6-10-15/h1-13,21H,(H,22,23). The molecule has 5 heteroatoms. The maximum atomic E-state index is 10.9. The van der Waals surface area contributed by atoms with Crippen molar-refractivity contribution in [3.8, 4) is 11.5 Å². The van der Waals surface area contributed by atoms with Crippen molar-refractivity contribution in [3.63, 3.8) is 0 Å². The van der Waals surface area contributed by atoms with Crippen molar-refractivity contribution < 1.29 is 19.4 Å². The third-order valence-electron chi connectivity index (χ3n) is 4.01. The zero-order valence-corrected chi connectivity index (χ0v) is 13.2. The van der Waals surface area contributed by atoms with Crippen molar-refractivity contribution in [2.24, 2.45) is 0 Å². The van der Waals surface area contributed by atoms with E-state index in [1.165, 1.54) is 0 Å². The van der Waals surface area contributed by atoms with E-state index in [0.717, 1.165) is 11.1 Å². The minimum absolute atomic E-state index is 0.423. The van der Waals surface area contributed by atoms with E-state index in [9.17, 15) is 4.79 Å². The summed E-state index contributed by atoms with van der Waals surface area (Å²) in [7, 11) is 0. The zero-order chi connectivity index (χ0) is 17.3. The van der Waals surface area contributed by atoms with Gasteiger partial charge in [-0.05, 0) is 12.1 Å². The van der Waals surface area contributed by atoms with Crippen LogP contribution in [0.3, 0.4) is 0 Å². The van der Waals surface area contributed by atoms with Crippen LogP contribution in [0.4, 0.5) is 10.5 Å². The number of amides is 1. The number of carbonyl (C=O) groups is 1. The number of fused-ring (bicyclic) bond motifs is 1. The lowest BCUT2D eigenvalue weighted by Gasteiger charge is -2.28. The van der Waals surface area contributed by atoms with Crippen LogP contribution >= 0.6 is 0 Å². The van der Waals surface area contributed by atoms with E-state index in [2.05, 4.69) is 5.32 Å². The second-order valence-electron chi connectivity index (χ2n) is 5.64. The summed E-state index contributed by atoms with van der Waals surface area (Å²) < 4.78 is 12.5. The highest BCUT2D eigenvalue weighted by Crippen LogP contribution is 2.48. The van der Waals surface area contributed by atoms with Crippen molar-refractivity contribution in [3.05, 3.63) is 90.0 Å². The molecule has 0 saturated heterocycles. The fraction of sp³-hybridized carbons (Fsp3) is 0.0500.